The van der Waals surface area contributed by atoms with E-state index in [1.807, 2.05) is 12.3 Å². The summed E-state index contributed by atoms with van der Waals surface area (Å²) in [7, 11) is 0. The highest BCUT2D eigenvalue weighted by Gasteiger charge is 1.96. The maximum absolute atomic E-state index is 5.66. The Labute approximate surface area is 78.1 Å². The largest absolute Gasteiger partial charge is 0.339 e. The van der Waals surface area contributed by atoms with Crippen molar-refractivity contribution >= 4 is 33.5 Å². The van der Waals surface area contributed by atoms with E-state index in [4.69, 9.17) is 5.84 Å². The van der Waals surface area contributed by atoms with Crippen LogP contribution in [0.4, 0.5) is 0 Å². The first-order valence-electron chi connectivity index (χ1n) is 3.29. The molecule has 0 saturated carbocycles. The smallest absolute Gasteiger partial charge is 0.0700 e. The van der Waals surface area contributed by atoms with E-state index in [1.165, 1.54) is 8.96 Å². The Morgan fingerprint density at radius 2 is 2.09 bits per heavy atom. The summed E-state index contributed by atoms with van der Waals surface area (Å²) < 4.78 is 2.85. The van der Waals surface area contributed by atoms with Crippen molar-refractivity contribution in [2.24, 2.45) is 0 Å². The first-order chi connectivity index (χ1) is 5.27. The third-order valence-corrected chi connectivity index (χ3v) is 2.36. The standard InChI is InChI=1S/C8H7IN2/c9-7-2-1-6-3-4-11(10)8(6)5-7/h1-5H,10H2. The Balaban J connectivity index is 2.87. The van der Waals surface area contributed by atoms with E-state index in [1.54, 1.807) is 4.68 Å². The third-order valence-electron chi connectivity index (χ3n) is 1.69. The molecule has 0 bridgehead atoms. The molecule has 0 atom stereocenters. The van der Waals surface area contributed by atoms with Crippen LogP contribution in [0, 0.1) is 3.57 Å². The average Bonchev–Trinajstić information content (AvgIpc) is 2.33. The normalized spacial score (nSPS) is 10.6. The molecule has 2 aromatic rings. The van der Waals surface area contributed by atoms with Crippen molar-refractivity contribution in [1.29, 1.82) is 0 Å². The number of fused-ring (bicyclic) bond motifs is 1. The van der Waals surface area contributed by atoms with E-state index >= 15 is 0 Å². The zero-order valence-corrected chi connectivity index (χ0v) is 7.95. The molecule has 0 radical (unpaired) electrons. The van der Waals surface area contributed by atoms with Crippen LogP contribution >= 0.6 is 22.6 Å². The number of halogens is 1. The summed E-state index contributed by atoms with van der Waals surface area (Å²) in [5.74, 6) is 5.66. The fraction of sp³-hybridized carbons (Fsp3) is 0. The number of nitrogen functional groups attached to an aromatic ring is 1. The number of benzene rings is 1. The molecule has 0 amide bonds. The van der Waals surface area contributed by atoms with E-state index in [2.05, 4.69) is 40.8 Å². The summed E-state index contributed by atoms with van der Waals surface area (Å²) in [6, 6.07) is 8.21. The van der Waals surface area contributed by atoms with Crippen molar-refractivity contribution in [2.75, 3.05) is 5.84 Å². The maximum Gasteiger partial charge on any atom is 0.0700 e. The van der Waals surface area contributed by atoms with Gasteiger partial charge in [0.15, 0.2) is 0 Å². The molecule has 0 saturated heterocycles. The van der Waals surface area contributed by atoms with Gasteiger partial charge >= 0.3 is 0 Å². The van der Waals surface area contributed by atoms with Crippen LogP contribution in [0.15, 0.2) is 30.5 Å². The van der Waals surface area contributed by atoms with Crippen LogP contribution in [0.2, 0.25) is 0 Å². The molecule has 3 heteroatoms. The van der Waals surface area contributed by atoms with Crippen LogP contribution in [0.3, 0.4) is 0 Å². The van der Waals surface area contributed by atoms with Crippen molar-refractivity contribution in [2.45, 2.75) is 0 Å². The highest BCUT2D eigenvalue weighted by molar-refractivity contribution is 14.1. The quantitative estimate of drug-likeness (QED) is 0.568. The average molecular weight is 258 g/mol. The highest BCUT2D eigenvalue weighted by atomic mass is 127. The summed E-state index contributed by atoms with van der Waals surface area (Å²) in [4.78, 5) is 0. The Morgan fingerprint density at radius 3 is 2.91 bits per heavy atom. The lowest BCUT2D eigenvalue weighted by atomic mass is 10.3. The zero-order chi connectivity index (χ0) is 7.84. The number of nitrogens with two attached hydrogens (primary N) is 1. The fourth-order valence-electron chi connectivity index (χ4n) is 1.12. The molecule has 1 heterocycles. The predicted octanol–water partition coefficient (Wildman–Crippen LogP) is 1.96. The summed E-state index contributed by atoms with van der Waals surface area (Å²) >= 11 is 2.27. The third kappa shape index (κ3) is 1.09. The van der Waals surface area contributed by atoms with Gasteiger partial charge in [0.25, 0.3) is 0 Å². The first kappa shape index (κ1) is 6.97. The van der Waals surface area contributed by atoms with Gasteiger partial charge in [-0.2, -0.15) is 0 Å². The van der Waals surface area contributed by atoms with Gasteiger partial charge in [-0.1, -0.05) is 6.07 Å². The van der Waals surface area contributed by atoms with Gasteiger partial charge in [-0.25, -0.2) is 0 Å². The summed E-state index contributed by atoms with van der Waals surface area (Å²) in [6.45, 7) is 0. The van der Waals surface area contributed by atoms with Gasteiger partial charge in [-0.15, -0.1) is 0 Å². The number of aromatic nitrogens is 1. The lowest BCUT2D eigenvalue weighted by molar-refractivity contribution is 1.07. The minimum atomic E-state index is 1.08. The monoisotopic (exact) mass is 258 g/mol. The number of rotatable bonds is 0. The second-order valence-electron chi connectivity index (χ2n) is 2.43. The van der Waals surface area contributed by atoms with E-state index in [0.717, 1.165) is 5.52 Å². The summed E-state index contributed by atoms with van der Waals surface area (Å²) in [5, 5.41) is 1.19. The molecule has 2 N–H and O–H groups in total. The fourth-order valence-corrected chi connectivity index (χ4v) is 1.60. The first-order valence-corrected chi connectivity index (χ1v) is 4.37. The van der Waals surface area contributed by atoms with Gasteiger partial charge in [0.1, 0.15) is 0 Å². The summed E-state index contributed by atoms with van der Waals surface area (Å²) in [5.41, 5.74) is 1.08. The Morgan fingerprint density at radius 1 is 1.27 bits per heavy atom. The molecule has 56 valence electrons. The van der Waals surface area contributed by atoms with Crippen LogP contribution in [-0.2, 0) is 0 Å². The molecule has 2 rings (SSSR count). The predicted molar refractivity (Wildman–Crippen MR) is 54.8 cm³/mol. The number of nitrogens with zero attached hydrogens (tertiary/aromatic N) is 1. The van der Waals surface area contributed by atoms with Crippen LogP contribution in [0.1, 0.15) is 0 Å². The molecule has 0 aliphatic heterocycles. The molecule has 2 nitrogen and oxygen atoms in total. The van der Waals surface area contributed by atoms with E-state index in [-0.39, 0.29) is 0 Å². The maximum atomic E-state index is 5.66. The van der Waals surface area contributed by atoms with Gasteiger partial charge in [-0.05, 0) is 40.8 Å². The molecule has 1 aromatic heterocycles. The molecule has 0 aliphatic carbocycles. The van der Waals surface area contributed by atoms with E-state index < -0.39 is 0 Å². The van der Waals surface area contributed by atoms with Gasteiger partial charge in [0.2, 0.25) is 0 Å². The Kier molecular flexibility index (Phi) is 1.52. The molecular weight excluding hydrogens is 251 g/mol. The lowest BCUT2D eigenvalue weighted by Crippen LogP contribution is -2.04. The summed E-state index contributed by atoms with van der Waals surface area (Å²) in [6.07, 6.45) is 1.86. The molecule has 0 fully saturated rings. The molecular formula is C8H7IN2. The highest BCUT2D eigenvalue weighted by Crippen LogP contribution is 2.16. The van der Waals surface area contributed by atoms with E-state index in [0.29, 0.717) is 0 Å². The van der Waals surface area contributed by atoms with Crippen molar-refractivity contribution in [1.82, 2.24) is 4.68 Å². The van der Waals surface area contributed by atoms with Gasteiger partial charge in [0, 0.05) is 15.2 Å². The minimum absolute atomic E-state index is 1.08. The van der Waals surface area contributed by atoms with Crippen LogP contribution in [-0.4, -0.2) is 4.68 Å². The van der Waals surface area contributed by atoms with Gasteiger partial charge in [-0.3, -0.25) is 4.68 Å². The number of hydrogen-bond donors (Lipinski definition) is 1. The molecule has 0 unspecified atom stereocenters. The van der Waals surface area contributed by atoms with Crippen LogP contribution in [0.5, 0.6) is 0 Å². The molecule has 11 heavy (non-hydrogen) atoms. The van der Waals surface area contributed by atoms with Crippen molar-refractivity contribution < 1.29 is 0 Å². The molecule has 0 spiro atoms. The number of hydrogen-bond acceptors (Lipinski definition) is 1. The van der Waals surface area contributed by atoms with Crippen LogP contribution < -0.4 is 5.84 Å². The van der Waals surface area contributed by atoms with Crippen molar-refractivity contribution in [3.8, 4) is 0 Å². The van der Waals surface area contributed by atoms with Gasteiger partial charge in [0.05, 0.1) is 5.52 Å². The molecule has 1 aromatic carbocycles. The van der Waals surface area contributed by atoms with Gasteiger partial charge < -0.3 is 5.84 Å². The second-order valence-corrected chi connectivity index (χ2v) is 3.67. The Hall–Kier alpha value is -0.710. The lowest BCUT2D eigenvalue weighted by Gasteiger charge is -1.95. The zero-order valence-electron chi connectivity index (χ0n) is 5.79. The van der Waals surface area contributed by atoms with Crippen LogP contribution in [0.25, 0.3) is 10.9 Å². The van der Waals surface area contributed by atoms with Crippen molar-refractivity contribution in [3.05, 3.63) is 34.0 Å². The Bertz CT molecular complexity index is 392. The van der Waals surface area contributed by atoms with Crippen molar-refractivity contribution in [3.63, 3.8) is 0 Å². The SMILES string of the molecule is Nn1ccc2ccc(I)cc21. The topological polar surface area (TPSA) is 30.9 Å². The minimum Gasteiger partial charge on any atom is -0.339 e. The van der Waals surface area contributed by atoms with E-state index in [9.17, 15) is 0 Å². The second kappa shape index (κ2) is 2.41. The molecule has 0 aliphatic rings.